The van der Waals surface area contributed by atoms with Gasteiger partial charge in [-0.1, -0.05) is 0 Å². The van der Waals surface area contributed by atoms with Crippen LogP contribution < -0.4 is 16.2 Å². The molecule has 100 valence electrons. The van der Waals surface area contributed by atoms with E-state index in [2.05, 4.69) is 39.3 Å². The quantitative estimate of drug-likeness (QED) is 0.600. The molecule has 2 rings (SSSR count). The molecule has 2 heterocycles. The van der Waals surface area contributed by atoms with Gasteiger partial charge in [-0.3, -0.25) is 0 Å². The highest BCUT2D eigenvalue weighted by atomic mass is 15.3. The molecule has 1 aromatic heterocycles. The number of rotatable bonds is 4. The molecule has 1 aliphatic rings. The van der Waals surface area contributed by atoms with Gasteiger partial charge in [-0.25, -0.2) is 15.8 Å². The largest absolute Gasteiger partial charge is 0.359 e. The molecule has 3 N–H and O–H groups in total. The minimum atomic E-state index is 0.648. The van der Waals surface area contributed by atoms with E-state index < -0.39 is 0 Å². The summed E-state index contributed by atoms with van der Waals surface area (Å²) in [6.07, 6.45) is 4.05. The summed E-state index contributed by atoms with van der Waals surface area (Å²) in [5, 5.41) is 0. The summed E-state index contributed by atoms with van der Waals surface area (Å²) in [6.45, 7) is 3.42. The Morgan fingerprint density at radius 1 is 1.44 bits per heavy atom. The Labute approximate surface area is 108 Å². The van der Waals surface area contributed by atoms with Crippen LogP contribution in [0.4, 0.5) is 11.6 Å². The highest BCUT2D eigenvalue weighted by molar-refractivity contribution is 5.47. The Morgan fingerprint density at radius 2 is 2.17 bits per heavy atom. The fraction of sp³-hybridized carbons (Fsp3) is 0.667. The predicted molar refractivity (Wildman–Crippen MR) is 73.3 cm³/mol. The van der Waals surface area contributed by atoms with E-state index >= 15 is 0 Å². The van der Waals surface area contributed by atoms with Crippen molar-refractivity contribution in [3.05, 3.63) is 12.4 Å². The van der Waals surface area contributed by atoms with Crippen LogP contribution >= 0.6 is 0 Å². The van der Waals surface area contributed by atoms with E-state index in [0.717, 1.165) is 18.3 Å². The summed E-state index contributed by atoms with van der Waals surface area (Å²) in [5.74, 6) is 7.66. The normalized spacial score (nSPS) is 17.7. The molecule has 6 nitrogen and oxygen atoms in total. The molecule has 1 saturated heterocycles. The molecule has 0 atom stereocenters. The minimum Gasteiger partial charge on any atom is -0.359 e. The van der Waals surface area contributed by atoms with Gasteiger partial charge in [-0.05, 0) is 38.9 Å². The standard InChI is InChI=1S/C12H22N6/c1-17-5-3-10(4-6-17)8-18(2)12-7-11(16-13)14-9-15-12/h7,9-10H,3-6,8,13H2,1-2H3,(H,14,15,16). The Morgan fingerprint density at radius 3 is 2.83 bits per heavy atom. The number of nitrogens with zero attached hydrogens (tertiary/aromatic N) is 4. The lowest BCUT2D eigenvalue weighted by atomic mass is 9.97. The van der Waals surface area contributed by atoms with E-state index in [9.17, 15) is 0 Å². The smallest absolute Gasteiger partial charge is 0.145 e. The molecule has 0 spiro atoms. The van der Waals surface area contributed by atoms with Crippen LogP contribution in [0.15, 0.2) is 12.4 Å². The summed E-state index contributed by atoms with van der Waals surface area (Å²) in [6, 6.07) is 1.87. The van der Waals surface area contributed by atoms with Gasteiger partial charge < -0.3 is 15.2 Å². The molecule has 18 heavy (non-hydrogen) atoms. The molecule has 0 amide bonds. The molecule has 0 aromatic carbocycles. The third-order valence-electron chi connectivity index (χ3n) is 3.56. The Kier molecular flexibility index (Phi) is 4.33. The second-order valence-electron chi connectivity index (χ2n) is 5.03. The van der Waals surface area contributed by atoms with Gasteiger partial charge in [0, 0.05) is 19.7 Å². The number of hydrogen-bond donors (Lipinski definition) is 2. The van der Waals surface area contributed by atoms with Crippen LogP contribution in [0.1, 0.15) is 12.8 Å². The molecule has 1 aliphatic heterocycles. The van der Waals surface area contributed by atoms with Crippen molar-refractivity contribution < 1.29 is 0 Å². The molecular formula is C12H22N6. The first-order valence-corrected chi connectivity index (χ1v) is 6.37. The van der Waals surface area contributed by atoms with Gasteiger partial charge in [-0.15, -0.1) is 0 Å². The number of nitrogens with one attached hydrogen (secondary N) is 1. The van der Waals surface area contributed by atoms with Crippen molar-refractivity contribution in [2.75, 3.05) is 44.1 Å². The zero-order valence-electron chi connectivity index (χ0n) is 11.1. The van der Waals surface area contributed by atoms with Crippen molar-refractivity contribution in [1.82, 2.24) is 14.9 Å². The van der Waals surface area contributed by atoms with Crippen LogP contribution in [-0.4, -0.2) is 48.6 Å². The molecule has 0 unspecified atom stereocenters. The molecule has 0 saturated carbocycles. The number of hydrogen-bond acceptors (Lipinski definition) is 6. The molecule has 0 bridgehead atoms. The number of nitrogen functional groups attached to an aromatic ring is 1. The maximum atomic E-state index is 5.35. The van der Waals surface area contributed by atoms with Gasteiger partial charge in [0.2, 0.25) is 0 Å². The van der Waals surface area contributed by atoms with Crippen molar-refractivity contribution in [3.8, 4) is 0 Å². The highest BCUT2D eigenvalue weighted by Gasteiger charge is 2.18. The van der Waals surface area contributed by atoms with E-state index in [0.29, 0.717) is 5.82 Å². The Hall–Kier alpha value is -1.40. The summed E-state index contributed by atoms with van der Waals surface area (Å²) in [7, 11) is 4.25. The third kappa shape index (κ3) is 3.30. The monoisotopic (exact) mass is 250 g/mol. The third-order valence-corrected chi connectivity index (χ3v) is 3.56. The van der Waals surface area contributed by atoms with Crippen molar-refractivity contribution >= 4 is 11.6 Å². The molecule has 0 aliphatic carbocycles. The molecule has 0 radical (unpaired) electrons. The number of aromatic nitrogens is 2. The van der Waals surface area contributed by atoms with Crippen LogP contribution in [0.2, 0.25) is 0 Å². The number of anilines is 2. The fourth-order valence-electron chi connectivity index (χ4n) is 2.36. The lowest BCUT2D eigenvalue weighted by molar-refractivity contribution is 0.222. The van der Waals surface area contributed by atoms with Crippen LogP contribution in [0.25, 0.3) is 0 Å². The van der Waals surface area contributed by atoms with Gasteiger partial charge in [0.05, 0.1) is 0 Å². The van der Waals surface area contributed by atoms with E-state index in [1.165, 1.54) is 32.3 Å². The van der Waals surface area contributed by atoms with Gasteiger partial charge in [0.15, 0.2) is 0 Å². The van der Waals surface area contributed by atoms with E-state index in [1.54, 1.807) is 0 Å². The van der Waals surface area contributed by atoms with Crippen LogP contribution in [-0.2, 0) is 0 Å². The zero-order valence-corrected chi connectivity index (χ0v) is 11.1. The molecule has 1 aromatic rings. The lowest BCUT2D eigenvalue weighted by Crippen LogP contribution is -2.36. The van der Waals surface area contributed by atoms with Crippen LogP contribution in [0.3, 0.4) is 0 Å². The summed E-state index contributed by atoms with van der Waals surface area (Å²) in [5.41, 5.74) is 2.55. The number of piperidine rings is 1. The number of hydrazine groups is 1. The fourth-order valence-corrected chi connectivity index (χ4v) is 2.36. The summed E-state index contributed by atoms with van der Waals surface area (Å²) >= 11 is 0. The van der Waals surface area contributed by atoms with E-state index in [4.69, 9.17) is 5.84 Å². The first-order valence-electron chi connectivity index (χ1n) is 6.37. The van der Waals surface area contributed by atoms with Gasteiger partial charge in [0.25, 0.3) is 0 Å². The number of nitrogens with two attached hydrogens (primary N) is 1. The van der Waals surface area contributed by atoms with E-state index in [1.807, 2.05) is 6.07 Å². The van der Waals surface area contributed by atoms with Crippen molar-refractivity contribution in [1.29, 1.82) is 0 Å². The van der Waals surface area contributed by atoms with Crippen molar-refractivity contribution in [3.63, 3.8) is 0 Å². The topological polar surface area (TPSA) is 70.3 Å². The molecule has 6 heteroatoms. The average Bonchev–Trinajstić information content (AvgIpc) is 2.41. The lowest BCUT2D eigenvalue weighted by Gasteiger charge is -2.32. The minimum absolute atomic E-state index is 0.648. The molecule has 1 fully saturated rings. The second-order valence-corrected chi connectivity index (χ2v) is 5.03. The summed E-state index contributed by atoms with van der Waals surface area (Å²) in [4.78, 5) is 12.9. The number of likely N-dealkylation sites (tertiary alicyclic amines) is 1. The highest BCUT2D eigenvalue weighted by Crippen LogP contribution is 2.20. The Balaban J connectivity index is 1.92. The average molecular weight is 250 g/mol. The van der Waals surface area contributed by atoms with Gasteiger partial charge in [-0.2, -0.15) is 0 Å². The van der Waals surface area contributed by atoms with Crippen molar-refractivity contribution in [2.45, 2.75) is 12.8 Å². The van der Waals surface area contributed by atoms with Crippen LogP contribution in [0.5, 0.6) is 0 Å². The first-order chi connectivity index (χ1) is 8.69. The van der Waals surface area contributed by atoms with Gasteiger partial charge in [0.1, 0.15) is 18.0 Å². The van der Waals surface area contributed by atoms with Gasteiger partial charge >= 0.3 is 0 Å². The Bertz CT molecular complexity index is 375. The maximum Gasteiger partial charge on any atom is 0.145 e. The van der Waals surface area contributed by atoms with E-state index in [-0.39, 0.29) is 0 Å². The van der Waals surface area contributed by atoms with Crippen molar-refractivity contribution in [2.24, 2.45) is 11.8 Å². The van der Waals surface area contributed by atoms with Crippen LogP contribution in [0, 0.1) is 5.92 Å². The molecular weight excluding hydrogens is 228 g/mol. The summed E-state index contributed by atoms with van der Waals surface area (Å²) < 4.78 is 0. The first kappa shape index (κ1) is 13.0. The predicted octanol–water partition coefficient (Wildman–Crippen LogP) is 0.540. The second kappa shape index (κ2) is 5.97. The SMILES string of the molecule is CN1CCC(CN(C)c2cc(NN)ncn2)CC1. The zero-order chi connectivity index (χ0) is 13.0. The maximum absolute atomic E-state index is 5.35.